The van der Waals surface area contributed by atoms with Crippen molar-refractivity contribution in [3.63, 3.8) is 0 Å². The van der Waals surface area contributed by atoms with Gasteiger partial charge in [-0.3, -0.25) is 0 Å². The Morgan fingerprint density at radius 3 is 1.64 bits per heavy atom. The zero-order chi connectivity index (χ0) is 18.1. The van der Waals surface area contributed by atoms with Gasteiger partial charge in [-0.1, -0.05) is 55.1 Å². The van der Waals surface area contributed by atoms with Crippen molar-refractivity contribution in [2.24, 2.45) is 0 Å². The first-order chi connectivity index (χ1) is 11.9. The van der Waals surface area contributed by atoms with Crippen LogP contribution in [0.5, 0.6) is 0 Å². The van der Waals surface area contributed by atoms with Gasteiger partial charge in [-0.15, -0.1) is 0 Å². The fourth-order valence-corrected chi connectivity index (χ4v) is 5.24. The van der Waals surface area contributed by atoms with Crippen LogP contribution in [0.25, 0.3) is 28.3 Å². The molecule has 0 aliphatic rings. The molecular formula is C20H11FI4. The minimum absolute atomic E-state index is 0.170. The Labute approximate surface area is 201 Å². The van der Waals surface area contributed by atoms with Crippen LogP contribution < -0.4 is 0 Å². The summed E-state index contributed by atoms with van der Waals surface area (Å²) < 4.78 is 17.8. The molecule has 0 saturated heterocycles. The van der Waals surface area contributed by atoms with Crippen LogP contribution in [0.2, 0.25) is 0 Å². The van der Waals surface area contributed by atoms with Crippen molar-refractivity contribution in [3.8, 4) is 22.3 Å². The van der Waals surface area contributed by atoms with E-state index in [1.165, 1.54) is 24.3 Å². The highest BCUT2D eigenvalue weighted by atomic mass is 127. The van der Waals surface area contributed by atoms with Crippen LogP contribution in [0.15, 0.2) is 55.1 Å². The lowest BCUT2D eigenvalue weighted by Gasteiger charge is -2.11. The molecular weight excluding hydrogens is 767 g/mol. The average molecular weight is 778 g/mol. The molecule has 3 rings (SSSR count). The summed E-state index contributed by atoms with van der Waals surface area (Å²) in [7, 11) is 0. The van der Waals surface area contributed by atoms with Gasteiger partial charge in [-0.05, 0) is 124 Å². The van der Waals surface area contributed by atoms with Crippen LogP contribution in [0, 0.1) is 20.1 Å². The van der Waals surface area contributed by atoms with E-state index in [0.29, 0.717) is 3.57 Å². The maximum Gasteiger partial charge on any atom is 0.137 e. The summed E-state index contributed by atoms with van der Waals surface area (Å²) in [5.74, 6) is -0.170. The van der Waals surface area contributed by atoms with Crippen molar-refractivity contribution >= 4 is 96.4 Å². The summed E-state index contributed by atoms with van der Waals surface area (Å²) in [6.07, 6.45) is 1.88. The number of hydrogen-bond acceptors (Lipinski definition) is 0. The van der Waals surface area contributed by atoms with Gasteiger partial charge in [-0.25, -0.2) is 4.39 Å². The first kappa shape index (κ1) is 20.0. The third-order valence-corrected chi connectivity index (χ3v) is 10.4. The first-order valence-electron chi connectivity index (χ1n) is 7.28. The second kappa shape index (κ2) is 8.51. The molecule has 0 amide bonds. The lowest BCUT2D eigenvalue weighted by molar-refractivity contribution is 0.619. The maximum atomic E-state index is 13.7. The molecule has 0 fully saturated rings. The molecule has 0 aromatic heterocycles. The number of benzene rings is 3. The molecule has 0 aliphatic carbocycles. The van der Waals surface area contributed by atoms with Crippen molar-refractivity contribution in [3.05, 3.63) is 80.8 Å². The molecule has 0 heterocycles. The summed E-state index contributed by atoms with van der Waals surface area (Å²) in [6, 6.07) is 16.1. The lowest BCUT2D eigenvalue weighted by Crippen LogP contribution is -1.92. The predicted octanol–water partition coefficient (Wildman–Crippen LogP) is 8.22. The first-order valence-corrected chi connectivity index (χ1v) is 11.6. The highest BCUT2D eigenvalue weighted by Crippen LogP contribution is 2.34. The zero-order valence-corrected chi connectivity index (χ0v) is 21.4. The minimum atomic E-state index is -0.170. The zero-order valence-electron chi connectivity index (χ0n) is 12.8. The van der Waals surface area contributed by atoms with E-state index in [1.54, 1.807) is 0 Å². The molecule has 0 bridgehead atoms. The normalized spacial score (nSPS) is 10.8. The molecule has 0 atom stereocenters. The van der Waals surface area contributed by atoms with Crippen LogP contribution in [0.3, 0.4) is 0 Å². The molecule has 0 aliphatic heterocycles. The van der Waals surface area contributed by atoms with Crippen LogP contribution in [-0.2, 0) is 0 Å². The SMILES string of the molecule is C=Cc1ccc(-c2ccc(-c3ccc(F)c(I)c3I)cc2)c(I)c1I. The molecule has 25 heavy (non-hydrogen) atoms. The van der Waals surface area contributed by atoms with Crippen LogP contribution in [0.4, 0.5) is 4.39 Å². The van der Waals surface area contributed by atoms with E-state index < -0.39 is 0 Å². The van der Waals surface area contributed by atoms with Crippen molar-refractivity contribution in [2.75, 3.05) is 0 Å². The molecule has 0 radical (unpaired) electrons. The standard InChI is InChI=1S/C20H11FI4/c1-2-11-7-8-14(18(23)17(11)22)12-3-5-13(6-4-12)15-9-10-16(21)20(25)19(15)24/h2-10H,1H2. The van der Waals surface area contributed by atoms with E-state index in [0.717, 1.165) is 20.3 Å². The van der Waals surface area contributed by atoms with Gasteiger partial charge < -0.3 is 0 Å². The third kappa shape index (κ3) is 4.08. The Balaban J connectivity index is 2.03. The Morgan fingerprint density at radius 2 is 1.12 bits per heavy atom. The van der Waals surface area contributed by atoms with E-state index >= 15 is 0 Å². The molecule has 0 nitrogen and oxygen atoms in total. The van der Waals surface area contributed by atoms with Crippen molar-refractivity contribution < 1.29 is 4.39 Å². The highest BCUT2D eigenvalue weighted by molar-refractivity contribution is 14.1. The van der Waals surface area contributed by atoms with Gasteiger partial charge >= 0.3 is 0 Å². The molecule has 3 aromatic rings. The Kier molecular flexibility index (Phi) is 6.81. The summed E-state index contributed by atoms with van der Waals surface area (Å²) in [5.41, 5.74) is 5.70. The lowest BCUT2D eigenvalue weighted by atomic mass is 9.99. The van der Waals surface area contributed by atoms with Gasteiger partial charge in [0.1, 0.15) is 5.82 Å². The monoisotopic (exact) mass is 778 g/mol. The Hall–Kier alpha value is 0.250. The van der Waals surface area contributed by atoms with Gasteiger partial charge in [0.05, 0.1) is 3.57 Å². The summed E-state index contributed by atoms with van der Waals surface area (Å²) in [6.45, 7) is 3.87. The second-order valence-electron chi connectivity index (χ2n) is 5.33. The Bertz CT molecular complexity index is 962. The predicted molar refractivity (Wildman–Crippen MR) is 138 cm³/mol. The van der Waals surface area contributed by atoms with E-state index in [1.807, 2.05) is 12.1 Å². The fraction of sp³-hybridized carbons (Fsp3) is 0. The molecule has 5 heteroatoms. The smallest absolute Gasteiger partial charge is 0.137 e. The van der Waals surface area contributed by atoms with Crippen molar-refractivity contribution in [1.29, 1.82) is 0 Å². The summed E-state index contributed by atoms with van der Waals surface area (Å²) in [4.78, 5) is 0. The highest BCUT2D eigenvalue weighted by Gasteiger charge is 2.12. The summed E-state index contributed by atoms with van der Waals surface area (Å²) in [5, 5.41) is 0. The van der Waals surface area contributed by atoms with E-state index in [-0.39, 0.29) is 5.82 Å². The maximum absolute atomic E-state index is 13.7. The van der Waals surface area contributed by atoms with Gasteiger partial charge in [0.25, 0.3) is 0 Å². The molecule has 126 valence electrons. The van der Waals surface area contributed by atoms with E-state index in [9.17, 15) is 4.39 Å². The second-order valence-corrected chi connectivity index (χ2v) is 9.65. The van der Waals surface area contributed by atoms with Crippen molar-refractivity contribution in [2.45, 2.75) is 0 Å². The van der Waals surface area contributed by atoms with Crippen LogP contribution >= 0.6 is 90.4 Å². The van der Waals surface area contributed by atoms with Gasteiger partial charge in [0.2, 0.25) is 0 Å². The third-order valence-electron chi connectivity index (χ3n) is 3.87. The molecule has 3 aromatic carbocycles. The number of hydrogen-bond donors (Lipinski definition) is 0. The van der Waals surface area contributed by atoms with Crippen LogP contribution in [0.1, 0.15) is 5.56 Å². The van der Waals surface area contributed by atoms with E-state index in [2.05, 4.69) is 133 Å². The number of halogens is 5. The quantitative estimate of drug-likeness (QED) is 0.186. The minimum Gasteiger partial charge on any atom is -0.206 e. The molecule has 0 spiro atoms. The molecule has 0 saturated carbocycles. The van der Waals surface area contributed by atoms with E-state index in [4.69, 9.17) is 0 Å². The molecule has 0 N–H and O–H groups in total. The number of rotatable bonds is 3. The van der Waals surface area contributed by atoms with Gasteiger partial charge in [0.15, 0.2) is 0 Å². The largest absolute Gasteiger partial charge is 0.206 e. The Morgan fingerprint density at radius 1 is 0.640 bits per heavy atom. The average Bonchev–Trinajstić information content (AvgIpc) is 2.62. The van der Waals surface area contributed by atoms with Crippen molar-refractivity contribution in [1.82, 2.24) is 0 Å². The van der Waals surface area contributed by atoms with Gasteiger partial charge in [0, 0.05) is 10.7 Å². The van der Waals surface area contributed by atoms with Gasteiger partial charge in [-0.2, -0.15) is 0 Å². The fourth-order valence-electron chi connectivity index (χ4n) is 2.52. The summed E-state index contributed by atoms with van der Waals surface area (Å²) >= 11 is 9.03. The van der Waals surface area contributed by atoms with Crippen LogP contribution in [-0.4, -0.2) is 0 Å². The topological polar surface area (TPSA) is 0 Å². The molecule has 0 unspecified atom stereocenters.